The lowest BCUT2D eigenvalue weighted by Crippen LogP contribution is -2.45. The highest BCUT2D eigenvalue weighted by molar-refractivity contribution is 14.0. The van der Waals surface area contributed by atoms with E-state index >= 15 is 0 Å². The van der Waals surface area contributed by atoms with Gasteiger partial charge in [-0.3, -0.25) is 4.99 Å². The van der Waals surface area contributed by atoms with Gasteiger partial charge in [0.25, 0.3) is 0 Å². The van der Waals surface area contributed by atoms with Crippen molar-refractivity contribution >= 4 is 35.6 Å². The van der Waals surface area contributed by atoms with Crippen LogP contribution in [0.2, 0.25) is 0 Å². The number of benzene rings is 1. The number of alkyl halides is 2. The molecule has 6 nitrogen and oxygen atoms in total. The largest absolute Gasteiger partial charge is 0.433 e. The monoisotopic (exact) mass is 551 g/mol. The second-order valence-electron chi connectivity index (χ2n) is 8.09. The predicted octanol–water partition coefficient (Wildman–Crippen LogP) is 3.77. The van der Waals surface area contributed by atoms with Crippen molar-refractivity contribution in [3.05, 3.63) is 24.3 Å². The molecule has 176 valence electrons. The summed E-state index contributed by atoms with van der Waals surface area (Å²) in [5.74, 6) is 1.82. The van der Waals surface area contributed by atoms with Crippen molar-refractivity contribution in [2.24, 2.45) is 10.9 Å². The Morgan fingerprint density at radius 2 is 1.94 bits per heavy atom. The van der Waals surface area contributed by atoms with Gasteiger partial charge in [-0.15, -0.1) is 24.0 Å². The van der Waals surface area contributed by atoms with Crippen LogP contribution in [0.1, 0.15) is 32.6 Å². The molecule has 0 aliphatic carbocycles. The Balaban J connectivity index is 0.00000341. The third-order valence-electron chi connectivity index (χ3n) is 6.17. The highest BCUT2D eigenvalue weighted by Crippen LogP contribution is 2.31. The smallest absolute Gasteiger partial charge is 0.387 e. The zero-order valence-corrected chi connectivity index (χ0v) is 20.9. The molecule has 0 amide bonds. The third-order valence-corrected chi connectivity index (χ3v) is 6.17. The van der Waals surface area contributed by atoms with Gasteiger partial charge in [-0.25, -0.2) is 0 Å². The molecule has 0 saturated carbocycles. The van der Waals surface area contributed by atoms with Crippen LogP contribution in [0, 0.1) is 5.92 Å². The maximum Gasteiger partial charge on any atom is 0.387 e. The number of para-hydroxylation sites is 2. The number of guanidine groups is 1. The molecule has 2 saturated heterocycles. The van der Waals surface area contributed by atoms with Crippen molar-refractivity contribution in [3.63, 3.8) is 0 Å². The number of hydrogen-bond donors (Lipinski definition) is 2. The van der Waals surface area contributed by atoms with Crippen LogP contribution in [0.25, 0.3) is 0 Å². The van der Waals surface area contributed by atoms with Crippen LogP contribution in [0.4, 0.5) is 14.5 Å². The minimum atomic E-state index is -2.82. The molecule has 2 aliphatic heterocycles. The zero-order valence-electron chi connectivity index (χ0n) is 18.5. The molecule has 1 unspecified atom stereocenters. The van der Waals surface area contributed by atoms with Gasteiger partial charge in [-0.05, 0) is 63.4 Å². The van der Waals surface area contributed by atoms with Crippen LogP contribution in [-0.2, 0) is 0 Å². The molecule has 31 heavy (non-hydrogen) atoms. The number of nitrogens with zero attached hydrogens (tertiary/aromatic N) is 3. The summed E-state index contributed by atoms with van der Waals surface area (Å²) < 4.78 is 30.1. The molecule has 2 fully saturated rings. The van der Waals surface area contributed by atoms with E-state index in [9.17, 15) is 8.78 Å². The van der Waals surface area contributed by atoms with Crippen LogP contribution < -0.4 is 20.3 Å². The summed E-state index contributed by atoms with van der Waals surface area (Å²) in [6, 6.07) is 7.19. The quantitative estimate of drug-likeness (QED) is 0.293. The van der Waals surface area contributed by atoms with Crippen LogP contribution in [0.5, 0.6) is 5.75 Å². The molecule has 0 bridgehead atoms. The minimum Gasteiger partial charge on any atom is -0.433 e. The number of nitrogens with one attached hydrogen (secondary N) is 2. The Morgan fingerprint density at radius 3 is 2.61 bits per heavy atom. The summed E-state index contributed by atoms with van der Waals surface area (Å²) in [5, 5.41) is 6.92. The summed E-state index contributed by atoms with van der Waals surface area (Å²) in [6.07, 6.45) is 4.63. The van der Waals surface area contributed by atoms with Gasteiger partial charge in [-0.2, -0.15) is 8.78 Å². The first-order valence-corrected chi connectivity index (χ1v) is 11.1. The lowest BCUT2D eigenvalue weighted by Gasteiger charge is -2.31. The van der Waals surface area contributed by atoms with E-state index in [0.29, 0.717) is 5.69 Å². The highest BCUT2D eigenvalue weighted by atomic mass is 127. The topological polar surface area (TPSA) is 52.1 Å². The van der Waals surface area contributed by atoms with E-state index in [1.165, 1.54) is 25.9 Å². The Kier molecular flexibility index (Phi) is 11.1. The van der Waals surface area contributed by atoms with E-state index in [1.54, 1.807) is 19.2 Å². The van der Waals surface area contributed by atoms with Gasteiger partial charge in [0.2, 0.25) is 0 Å². The lowest BCUT2D eigenvalue weighted by molar-refractivity contribution is -0.0495. The fourth-order valence-corrected chi connectivity index (χ4v) is 4.38. The van der Waals surface area contributed by atoms with E-state index in [1.807, 2.05) is 12.1 Å². The van der Waals surface area contributed by atoms with Gasteiger partial charge >= 0.3 is 6.61 Å². The fourth-order valence-electron chi connectivity index (χ4n) is 4.38. The Bertz CT molecular complexity index is 686. The summed E-state index contributed by atoms with van der Waals surface area (Å²) >= 11 is 0. The third kappa shape index (κ3) is 7.93. The van der Waals surface area contributed by atoms with Crippen molar-refractivity contribution < 1.29 is 13.5 Å². The first-order chi connectivity index (χ1) is 14.6. The molecule has 0 radical (unpaired) electrons. The molecular formula is C22H36F2IN5O. The number of ether oxygens (including phenoxy) is 1. The minimum absolute atomic E-state index is 0. The Labute approximate surface area is 201 Å². The first-order valence-electron chi connectivity index (χ1n) is 11.1. The summed E-state index contributed by atoms with van der Waals surface area (Å²) in [7, 11) is 1.79. The predicted molar refractivity (Wildman–Crippen MR) is 133 cm³/mol. The normalized spacial score (nSPS) is 20.6. The number of rotatable bonds is 8. The molecule has 3 rings (SSSR count). The van der Waals surface area contributed by atoms with Gasteiger partial charge in [0.05, 0.1) is 5.69 Å². The average Bonchev–Trinajstić information content (AvgIpc) is 3.21. The molecular weight excluding hydrogens is 515 g/mol. The van der Waals surface area contributed by atoms with Gasteiger partial charge in [0.15, 0.2) is 5.96 Å². The first kappa shape index (κ1) is 25.9. The average molecular weight is 551 g/mol. The SMILES string of the molecule is CCN1CCC(CCNC(=NC)NC2CCN(c3ccccc3OC(F)F)C2)CC1.I. The maximum absolute atomic E-state index is 12.7. The van der Waals surface area contributed by atoms with Crippen molar-refractivity contribution in [1.29, 1.82) is 0 Å². The second-order valence-corrected chi connectivity index (χ2v) is 8.09. The van der Waals surface area contributed by atoms with Gasteiger partial charge in [0.1, 0.15) is 5.75 Å². The molecule has 1 aromatic rings. The Morgan fingerprint density at radius 1 is 1.19 bits per heavy atom. The van der Waals surface area contributed by atoms with Crippen LogP contribution in [0.3, 0.4) is 0 Å². The second kappa shape index (κ2) is 13.2. The number of hydrogen-bond acceptors (Lipinski definition) is 4. The van der Waals surface area contributed by atoms with Gasteiger partial charge in [-0.1, -0.05) is 19.1 Å². The molecule has 0 spiro atoms. The standard InChI is InChI=1S/C22H35F2N5O.HI/c1-3-28-13-9-17(10-14-28)8-12-26-22(25-2)27-18-11-15-29(16-18)19-6-4-5-7-20(19)30-21(23)24;/h4-7,17-18,21H,3,8-16H2,1-2H3,(H2,25,26,27);1H. The van der Waals surface area contributed by atoms with Crippen molar-refractivity contribution in [3.8, 4) is 5.75 Å². The summed E-state index contributed by atoms with van der Waals surface area (Å²) in [6.45, 7) is 5.41. The van der Waals surface area contributed by atoms with Crippen LogP contribution in [-0.4, -0.2) is 69.8 Å². The molecule has 0 aromatic heterocycles. The number of piperidine rings is 1. The Hall–Kier alpha value is -1.36. The molecule has 2 heterocycles. The van der Waals surface area contributed by atoms with Crippen molar-refractivity contribution in [1.82, 2.24) is 15.5 Å². The van der Waals surface area contributed by atoms with E-state index in [-0.39, 0.29) is 35.8 Å². The van der Waals surface area contributed by atoms with Crippen molar-refractivity contribution in [2.45, 2.75) is 45.3 Å². The van der Waals surface area contributed by atoms with E-state index < -0.39 is 6.61 Å². The number of likely N-dealkylation sites (tertiary alicyclic amines) is 1. The van der Waals surface area contributed by atoms with Crippen LogP contribution >= 0.6 is 24.0 Å². The number of anilines is 1. The van der Waals surface area contributed by atoms with E-state index in [4.69, 9.17) is 0 Å². The van der Waals surface area contributed by atoms with Crippen LogP contribution in [0.15, 0.2) is 29.3 Å². The zero-order chi connectivity index (χ0) is 21.3. The summed E-state index contributed by atoms with van der Waals surface area (Å²) in [5.41, 5.74) is 0.712. The molecule has 1 atom stereocenters. The van der Waals surface area contributed by atoms with Gasteiger partial charge in [0, 0.05) is 32.7 Å². The van der Waals surface area contributed by atoms with Crippen molar-refractivity contribution in [2.75, 3.05) is 51.2 Å². The molecule has 1 aromatic carbocycles. The lowest BCUT2D eigenvalue weighted by atomic mass is 9.93. The number of aliphatic imine (C=N–C) groups is 1. The highest BCUT2D eigenvalue weighted by Gasteiger charge is 2.26. The fraction of sp³-hybridized carbons (Fsp3) is 0.682. The maximum atomic E-state index is 12.7. The molecule has 2 aliphatic rings. The number of halogens is 3. The summed E-state index contributed by atoms with van der Waals surface area (Å²) in [4.78, 5) is 8.96. The molecule has 9 heteroatoms. The van der Waals surface area contributed by atoms with E-state index in [0.717, 1.165) is 50.9 Å². The molecule has 2 N–H and O–H groups in total. The van der Waals surface area contributed by atoms with Gasteiger partial charge < -0.3 is 25.2 Å². The van der Waals surface area contributed by atoms with E-state index in [2.05, 4.69) is 37.1 Å².